The van der Waals surface area contributed by atoms with Gasteiger partial charge in [0, 0.05) is 31.7 Å². The fourth-order valence-corrected chi connectivity index (χ4v) is 1.77. The third kappa shape index (κ3) is 4.49. The summed E-state index contributed by atoms with van der Waals surface area (Å²) in [6.07, 6.45) is 0. The normalized spacial score (nSPS) is 25.8. The number of morpholine rings is 1. The summed E-state index contributed by atoms with van der Waals surface area (Å²) in [5.41, 5.74) is 0. The molecule has 0 bridgehead atoms. The fraction of sp³-hybridized carbons (Fsp3) is 1.00. The summed E-state index contributed by atoms with van der Waals surface area (Å²) in [5.74, 6) is 0.715. The summed E-state index contributed by atoms with van der Waals surface area (Å²) >= 11 is 0. The van der Waals surface area contributed by atoms with E-state index in [1.165, 1.54) is 0 Å². The quantitative estimate of drug-likeness (QED) is 0.747. The number of nitrogens with one attached hydrogen (secondary N) is 1. The topological polar surface area (TPSA) is 24.5 Å². The largest absolute Gasteiger partial charge is 0.379 e. The van der Waals surface area contributed by atoms with Gasteiger partial charge in [-0.05, 0) is 19.8 Å². The van der Waals surface area contributed by atoms with Crippen LogP contribution in [-0.2, 0) is 4.74 Å². The van der Waals surface area contributed by atoms with Crippen molar-refractivity contribution in [2.24, 2.45) is 5.92 Å². The van der Waals surface area contributed by atoms with Crippen LogP contribution in [0.2, 0.25) is 0 Å². The predicted octanol–water partition coefficient (Wildman–Crippen LogP) is 1.34. The highest BCUT2D eigenvalue weighted by molar-refractivity contribution is 4.73. The number of rotatable bonds is 5. The molecular formula is C12H26N2O. The summed E-state index contributed by atoms with van der Waals surface area (Å²) in [4.78, 5) is 2.50. The van der Waals surface area contributed by atoms with Gasteiger partial charge in [-0.2, -0.15) is 0 Å². The van der Waals surface area contributed by atoms with Crippen LogP contribution in [0, 0.1) is 5.92 Å². The SMILES string of the molecule is CC(C)C(C)NCCN1CCOCC1C. The fourth-order valence-electron chi connectivity index (χ4n) is 1.77. The van der Waals surface area contributed by atoms with Crippen molar-refractivity contribution >= 4 is 0 Å². The summed E-state index contributed by atoms with van der Waals surface area (Å²) in [7, 11) is 0. The molecule has 0 aromatic heterocycles. The van der Waals surface area contributed by atoms with Crippen LogP contribution in [0.1, 0.15) is 27.7 Å². The molecule has 1 aliphatic rings. The minimum absolute atomic E-state index is 0.579. The molecule has 3 heteroatoms. The minimum Gasteiger partial charge on any atom is -0.379 e. The molecule has 0 aromatic carbocycles. The molecule has 1 heterocycles. The van der Waals surface area contributed by atoms with Gasteiger partial charge in [-0.25, -0.2) is 0 Å². The van der Waals surface area contributed by atoms with Crippen LogP contribution in [-0.4, -0.2) is 49.8 Å². The first-order chi connectivity index (χ1) is 7.11. The van der Waals surface area contributed by atoms with Gasteiger partial charge in [0.05, 0.1) is 13.2 Å². The molecule has 0 radical (unpaired) electrons. The average molecular weight is 214 g/mol. The van der Waals surface area contributed by atoms with Crippen LogP contribution >= 0.6 is 0 Å². The zero-order valence-electron chi connectivity index (χ0n) is 10.6. The third-order valence-electron chi connectivity index (χ3n) is 3.37. The molecule has 15 heavy (non-hydrogen) atoms. The monoisotopic (exact) mass is 214 g/mol. The summed E-state index contributed by atoms with van der Waals surface area (Å²) in [5, 5.41) is 3.57. The Bertz CT molecular complexity index is 173. The Hall–Kier alpha value is -0.120. The zero-order chi connectivity index (χ0) is 11.3. The maximum Gasteiger partial charge on any atom is 0.0619 e. The summed E-state index contributed by atoms with van der Waals surface area (Å²) in [6.45, 7) is 14.1. The van der Waals surface area contributed by atoms with Gasteiger partial charge in [0.15, 0.2) is 0 Å². The van der Waals surface area contributed by atoms with E-state index in [0.717, 1.165) is 32.8 Å². The highest BCUT2D eigenvalue weighted by atomic mass is 16.5. The third-order valence-corrected chi connectivity index (χ3v) is 3.37. The second kappa shape index (κ2) is 6.46. The summed E-state index contributed by atoms with van der Waals surface area (Å²) < 4.78 is 5.42. The Morgan fingerprint density at radius 1 is 1.40 bits per heavy atom. The molecule has 0 spiro atoms. The van der Waals surface area contributed by atoms with Crippen molar-refractivity contribution in [3.63, 3.8) is 0 Å². The lowest BCUT2D eigenvalue weighted by Gasteiger charge is -2.33. The Morgan fingerprint density at radius 2 is 2.13 bits per heavy atom. The molecule has 0 amide bonds. The molecule has 2 unspecified atom stereocenters. The Kier molecular flexibility index (Phi) is 5.58. The van der Waals surface area contributed by atoms with E-state index in [1.54, 1.807) is 0 Å². The van der Waals surface area contributed by atoms with Crippen molar-refractivity contribution in [3.8, 4) is 0 Å². The number of hydrogen-bond acceptors (Lipinski definition) is 3. The first-order valence-corrected chi connectivity index (χ1v) is 6.16. The van der Waals surface area contributed by atoms with Crippen LogP contribution in [0.4, 0.5) is 0 Å². The van der Waals surface area contributed by atoms with E-state index in [-0.39, 0.29) is 0 Å². The Morgan fingerprint density at radius 3 is 2.73 bits per heavy atom. The first-order valence-electron chi connectivity index (χ1n) is 6.16. The van der Waals surface area contributed by atoms with Crippen molar-refractivity contribution in [2.75, 3.05) is 32.8 Å². The molecule has 0 saturated carbocycles. The second-order valence-corrected chi connectivity index (χ2v) is 4.95. The maximum absolute atomic E-state index is 5.42. The van der Waals surface area contributed by atoms with Gasteiger partial charge in [0.25, 0.3) is 0 Å². The lowest BCUT2D eigenvalue weighted by molar-refractivity contribution is 0.0000817. The van der Waals surface area contributed by atoms with Gasteiger partial charge < -0.3 is 10.1 Å². The minimum atomic E-state index is 0.579. The molecule has 1 N–H and O–H groups in total. The molecule has 90 valence electrons. The van der Waals surface area contributed by atoms with Gasteiger partial charge in [0.2, 0.25) is 0 Å². The van der Waals surface area contributed by atoms with Crippen molar-refractivity contribution in [1.29, 1.82) is 0 Å². The van der Waals surface area contributed by atoms with Crippen molar-refractivity contribution in [3.05, 3.63) is 0 Å². The molecule has 2 atom stereocenters. The molecule has 1 aliphatic heterocycles. The molecular weight excluding hydrogens is 188 g/mol. The van der Waals surface area contributed by atoms with Crippen molar-refractivity contribution in [1.82, 2.24) is 10.2 Å². The molecule has 1 rings (SSSR count). The molecule has 3 nitrogen and oxygen atoms in total. The smallest absolute Gasteiger partial charge is 0.0619 e. The maximum atomic E-state index is 5.42. The van der Waals surface area contributed by atoms with E-state index >= 15 is 0 Å². The van der Waals surface area contributed by atoms with Crippen LogP contribution < -0.4 is 5.32 Å². The first kappa shape index (κ1) is 12.9. The molecule has 0 aromatic rings. The second-order valence-electron chi connectivity index (χ2n) is 4.95. The molecule has 1 saturated heterocycles. The van der Waals surface area contributed by atoms with E-state index in [2.05, 4.69) is 37.9 Å². The lowest BCUT2D eigenvalue weighted by Crippen LogP contribution is -2.47. The van der Waals surface area contributed by atoms with Crippen LogP contribution in [0.15, 0.2) is 0 Å². The average Bonchev–Trinajstić information content (AvgIpc) is 2.20. The highest BCUT2D eigenvalue weighted by Gasteiger charge is 2.18. The lowest BCUT2D eigenvalue weighted by atomic mass is 10.1. The van der Waals surface area contributed by atoms with E-state index in [0.29, 0.717) is 18.0 Å². The standard InChI is InChI=1S/C12H26N2O/c1-10(2)12(4)13-5-6-14-7-8-15-9-11(14)3/h10-13H,5-9H2,1-4H3. The van der Waals surface area contributed by atoms with E-state index < -0.39 is 0 Å². The van der Waals surface area contributed by atoms with Crippen LogP contribution in [0.3, 0.4) is 0 Å². The van der Waals surface area contributed by atoms with E-state index in [4.69, 9.17) is 4.74 Å². The highest BCUT2D eigenvalue weighted by Crippen LogP contribution is 2.05. The summed E-state index contributed by atoms with van der Waals surface area (Å²) in [6, 6.07) is 1.19. The van der Waals surface area contributed by atoms with Crippen molar-refractivity contribution < 1.29 is 4.74 Å². The predicted molar refractivity (Wildman–Crippen MR) is 64.2 cm³/mol. The van der Waals surface area contributed by atoms with Gasteiger partial charge >= 0.3 is 0 Å². The van der Waals surface area contributed by atoms with Gasteiger partial charge in [-0.15, -0.1) is 0 Å². The Labute approximate surface area is 94.2 Å². The van der Waals surface area contributed by atoms with Gasteiger partial charge in [-0.1, -0.05) is 13.8 Å². The van der Waals surface area contributed by atoms with Gasteiger partial charge in [0.1, 0.15) is 0 Å². The van der Waals surface area contributed by atoms with E-state index in [1.807, 2.05) is 0 Å². The number of hydrogen-bond donors (Lipinski definition) is 1. The van der Waals surface area contributed by atoms with E-state index in [9.17, 15) is 0 Å². The van der Waals surface area contributed by atoms with Crippen LogP contribution in [0.5, 0.6) is 0 Å². The number of ether oxygens (including phenoxy) is 1. The zero-order valence-corrected chi connectivity index (χ0v) is 10.6. The Balaban J connectivity index is 2.13. The van der Waals surface area contributed by atoms with Gasteiger partial charge in [-0.3, -0.25) is 4.90 Å². The number of nitrogens with zero attached hydrogens (tertiary/aromatic N) is 1. The molecule has 0 aliphatic carbocycles. The van der Waals surface area contributed by atoms with Crippen LogP contribution in [0.25, 0.3) is 0 Å². The van der Waals surface area contributed by atoms with Crippen molar-refractivity contribution in [2.45, 2.75) is 39.8 Å². The molecule has 1 fully saturated rings.